The number of piperidine rings is 1. The van der Waals surface area contributed by atoms with Crippen molar-refractivity contribution in [2.75, 3.05) is 13.1 Å². The summed E-state index contributed by atoms with van der Waals surface area (Å²) in [6.07, 6.45) is 1.33. The smallest absolute Gasteiger partial charge is 0.254 e. The third-order valence-electron chi connectivity index (χ3n) is 6.31. The zero-order valence-electron chi connectivity index (χ0n) is 18.1. The Hall–Kier alpha value is -3.50. The minimum absolute atomic E-state index is 0.0347. The molecule has 0 spiro atoms. The number of Topliss-reactive ketones (excluding diaryl/α,β-unsaturated/α-hetero) is 1. The van der Waals surface area contributed by atoms with Crippen molar-refractivity contribution < 1.29 is 9.59 Å². The van der Waals surface area contributed by atoms with E-state index in [4.69, 9.17) is 16.6 Å². The molecule has 5 rings (SSSR count). The van der Waals surface area contributed by atoms with Crippen LogP contribution in [0.15, 0.2) is 84.9 Å². The van der Waals surface area contributed by atoms with Gasteiger partial charge in [0, 0.05) is 40.5 Å². The fraction of sp³-hybridized carbons (Fsp3) is 0.179. The van der Waals surface area contributed by atoms with Crippen LogP contribution in [0.1, 0.15) is 33.6 Å². The van der Waals surface area contributed by atoms with E-state index in [1.807, 2.05) is 89.8 Å². The predicted octanol–water partition coefficient (Wildman–Crippen LogP) is 6.29. The molecule has 0 saturated carbocycles. The normalized spacial score (nSPS) is 14.4. The topological polar surface area (TPSA) is 50.3 Å². The van der Waals surface area contributed by atoms with Crippen LogP contribution in [-0.4, -0.2) is 34.7 Å². The molecule has 5 heteroatoms. The quantitative estimate of drug-likeness (QED) is 0.340. The van der Waals surface area contributed by atoms with E-state index in [1.54, 1.807) is 0 Å². The number of rotatable bonds is 4. The van der Waals surface area contributed by atoms with Crippen LogP contribution in [0, 0.1) is 5.92 Å². The summed E-state index contributed by atoms with van der Waals surface area (Å²) < 4.78 is 0. The number of hydrogen-bond acceptors (Lipinski definition) is 3. The summed E-state index contributed by atoms with van der Waals surface area (Å²) in [6.45, 7) is 1.11. The molecule has 1 aliphatic rings. The Bertz CT molecular complexity index is 1330. The molecule has 1 aromatic heterocycles. The Labute approximate surface area is 197 Å². The molecule has 0 N–H and O–H groups in total. The molecule has 1 aliphatic heterocycles. The van der Waals surface area contributed by atoms with Crippen molar-refractivity contribution in [3.63, 3.8) is 0 Å². The number of amides is 1. The molecule has 1 amide bonds. The number of ketones is 1. The highest BCUT2D eigenvalue weighted by Gasteiger charge is 2.29. The molecule has 164 valence electrons. The van der Waals surface area contributed by atoms with Crippen molar-refractivity contribution in [2.24, 2.45) is 5.92 Å². The van der Waals surface area contributed by atoms with Crippen LogP contribution < -0.4 is 0 Å². The molecule has 0 radical (unpaired) electrons. The molecule has 3 aromatic carbocycles. The maximum absolute atomic E-state index is 13.6. The lowest BCUT2D eigenvalue weighted by molar-refractivity contribution is 0.0652. The van der Waals surface area contributed by atoms with Gasteiger partial charge in [0.15, 0.2) is 5.78 Å². The van der Waals surface area contributed by atoms with Crippen LogP contribution in [0.2, 0.25) is 5.02 Å². The second-order valence-corrected chi connectivity index (χ2v) is 8.76. The van der Waals surface area contributed by atoms with Crippen molar-refractivity contribution in [1.29, 1.82) is 0 Å². The minimum Gasteiger partial charge on any atom is -0.339 e. The summed E-state index contributed by atoms with van der Waals surface area (Å²) in [5, 5.41) is 1.42. The maximum atomic E-state index is 13.6. The van der Waals surface area contributed by atoms with Gasteiger partial charge in [-0.25, -0.2) is 4.98 Å². The molecule has 4 aromatic rings. The van der Waals surface area contributed by atoms with Gasteiger partial charge in [0.1, 0.15) is 0 Å². The lowest BCUT2D eigenvalue weighted by Crippen LogP contribution is -2.40. The molecule has 0 unspecified atom stereocenters. The second kappa shape index (κ2) is 9.16. The van der Waals surface area contributed by atoms with E-state index in [2.05, 4.69) is 0 Å². The summed E-state index contributed by atoms with van der Waals surface area (Å²) in [6, 6.07) is 26.4. The molecule has 0 aliphatic carbocycles. The monoisotopic (exact) mass is 454 g/mol. The number of aromatic nitrogens is 1. The Morgan fingerprint density at radius 1 is 0.848 bits per heavy atom. The van der Waals surface area contributed by atoms with Crippen molar-refractivity contribution in [3.8, 4) is 11.3 Å². The molecule has 4 nitrogen and oxygen atoms in total. The Morgan fingerprint density at radius 2 is 1.52 bits per heavy atom. The number of halogens is 1. The summed E-state index contributed by atoms with van der Waals surface area (Å²) in [7, 11) is 0. The first-order valence-corrected chi connectivity index (χ1v) is 11.5. The summed E-state index contributed by atoms with van der Waals surface area (Å²) in [5.74, 6) is 0.0786. The van der Waals surface area contributed by atoms with Gasteiger partial charge in [-0.2, -0.15) is 0 Å². The van der Waals surface area contributed by atoms with Crippen LogP contribution in [0.3, 0.4) is 0 Å². The number of hydrogen-bond donors (Lipinski definition) is 0. The molecule has 2 heterocycles. The maximum Gasteiger partial charge on any atom is 0.254 e. The van der Waals surface area contributed by atoms with E-state index in [1.165, 1.54) is 0 Å². The number of pyridine rings is 1. The van der Waals surface area contributed by atoms with Crippen molar-refractivity contribution in [3.05, 3.63) is 101 Å². The first kappa shape index (κ1) is 21.4. The predicted molar refractivity (Wildman–Crippen MR) is 132 cm³/mol. The van der Waals surface area contributed by atoms with Crippen LogP contribution in [-0.2, 0) is 0 Å². The average molecular weight is 455 g/mol. The summed E-state index contributed by atoms with van der Waals surface area (Å²) >= 11 is 6.42. The highest BCUT2D eigenvalue weighted by atomic mass is 35.5. The van der Waals surface area contributed by atoms with Gasteiger partial charge >= 0.3 is 0 Å². The molecule has 1 saturated heterocycles. The standard InChI is InChI=1S/C28H23ClN2O2/c29-24-12-6-4-11-22(24)26-18-23(21-10-5-7-13-25(21)30-26)28(33)31-16-14-20(15-17-31)27(32)19-8-2-1-3-9-19/h1-13,18,20H,14-17H2. The molecule has 0 bridgehead atoms. The van der Waals surface area contributed by atoms with Gasteiger partial charge in [0.05, 0.1) is 16.8 Å². The zero-order valence-corrected chi connectivity index (χ0v) is 18.8. The van der Waals surface area contributed by atoms with Gasteiger partial charge in [-0.15, -0.1) is 0 Å². The minimum atomic E-state index is -0.0516. The van der Waals surface area contributed by atoms with E-state index >= 15 is 0 Å². The Morgan fingerprint density at radius 3 is 2.27 bits per heavy atom. The van der Waals surface area contributed by atoms with Gasteiger partial charge in [-0.05, 0) is 31.0 Å². The Kier molecular flexibility index (Phi) is 5.93. The van der Waals surface area contributed by atoms with Gasteiger partial charge in [0.25, 0.3) is 5.91 Å². The lowest BCUT2D eigenvalue weighted by Gasteiger charge is -2.31. The number of fused-ring (bicyclic) bond motifs is 1. The van der Waals surface area contributed by atoms with E-state index in [0.29, 0.717) is 42.2 Å². The average Bonchev–Trinajstić information content (AvgIpc) is 2.88. The first-order valence-electron chi connectivity index (χ1n) is 11.1. The molecular formula is C28H23ClN2O2. The number of likely N-dealkylation sites (tertiary alicyclic amines) is 1. The van der Waals surface area contributed by atoms with Crippen LogP contribution >= 0.6 is 11.6 Å². The van der Waals surface area contributed by atoms with E-state index in [9.17, 15) is 9.59 Å². The first-order chi connectivity index (χ1) is 16.1. The third-order valence-corrected chi connectivity index (χ3v) is 6.64. The number of para-hydroxylation sites is 1. The summed E-state index contributed by atoms with van der Waals surface area (Å²) in [5.41, 5.74) is 3.59. The number of benzene rings is 3. The molecular weight excluding hydrogens is 432 g/mol. The van der Waals surface area contributed by atoms with E-state index in [-0.39, 0.29) is 17.6 Å². The van der Waals surface area contributed by atoms with Crippen molar-refractivity contribution in [2.45, 2.75) is 12.8 Å². The van der Waals surface area contributed by atoms with Crippen LogP contribution in [0.5, 0.6) is 0 Å². The highest BCUT2D eigenvalue weighted by Crippen LogP contribution is 2.31. The Balaban J connectivity index is 1.42. The van der Waals surface area contributed by atoms with Gasteiger partial charge < -0.3 is 4.90 Å². The number of nitrogens with zero attached hydrogens (tertiary/aromatic N) is 2. The number of carbonyl (C=O) groups excluding carboxylic acids is 2. The second-order valence-electron chi connectivity index (χ2n) is 8.35. The van der Waals surface area contributed by atoms with Crippen LogP contribution in [0.4, 0.5) is 0 Å². The van der Waals surface area contributed by atoms with E-state index < -0.39 is 0 Å². The molecule has 0 atom stereocenters. The van der Waals surface area contributed by atoms with Crippen LogP contribution in [0.25, 0.3) is 22.2 Å². The molecule has 1 fully saturated rings. The highest BCUT2D eigenvalue weighted by molar-refractivity contribution is 6.33. The lowest BCUT2D eigenvalue weighted by atomic mass is 9.88. The molecule has 33 heavy (non-hydrogen) atoms. The zero-order chi connectivity index (χ0) is 22.8. The fourth-order valence-corrected chi connectivity index (χ4v) is 4.75. The fourth-order valence-electron chi connectivity index (χ4n) is 4.51. The largest absolute Gasteiger partial charge is 0.339 e. The van der Waals surface area contributed by atoms with Gasteiger partial charge in [-0.1, -0.05) is 78.3 Å². The SMILES string of the molecule is O=C(c1ccccc1)C1CCN(C(=O)c2cc(-c3ccccc3Cl)nc3ccccc23)CC1. The number of carbonyl (C=O) groups is 2. The van der Waals surface area contributed by atoms with Crippen molar-refractivity contribution >= 4 is 34.2 Å². The van der Waals surface area contributed by atoms with Gasteiger partial charge in [-0.3, -0.25) is 9.59 Å². The van der Waals surface area contributed by atoms with E-state index in [0.717, 1.165) is 22.0 Å². The van der Waals surface area contributed by atoms with Crippen molar-refractivity contribution in [1.82, 2.24) is 9.88 Å². The summed E-state index contributed by atoms with van der Waals surface area (Å²) in [4.78, 5) is 33.1. The van der Waals surface area contributed by atoms with Gasteiger partial charge in [0.2, 0.25) is 0 Å². The third kappa shape index (κ3) is 4.27.